The number of imidazole rings is 1. The monoisotopic (exact) mass is 300 g/mol. The second-order valence-corrected chi connectivity index (χ2v) is 5.33. The summed E-state index contributed by atoms with van der Waals surface area (Å²) in [6, 6.07) is 7.97. The van der Waals surface area contributed by atoms with E-state index in [-0.39, 0.29) is 5.91 Å². The molecule has 1 saturated heterocycles. The molecule has 0 radical (unpaired) electrons. The van der Waals surface area contributed by atoms with Gasteiger partial charge in [-0.2, -0.15) is 0 Å². The van der Waals surface area contributed by atoms with Gasteiger partial charge in [-0.15, -0.1) is 0 Å². The molecular weight excluding hydrogens is 280 g/mol. The number of aromatic amines is 1. The molecule has 6 nitrogen and oxygen atoms in total. The Balaban J connectivity index is 1.68. The van der Waals surface area contributed by atoms with Crippen LogP contribution in [0.1, 0.15) is 16.2 Å². The first-order valence-electron chi connectivity index (χ1n) is 7.38. The van der Waals surface area contributed by atoms with Crippen molar-refractivity contribution in [2.75, 3.05) is 38.2 Å². The number of piperazine rings is 1. The van der Waals surface area contributed by atoms with Crippen LogP contribution in [0.15, 0.2) is 30.6 Å². The number of anilines is 1. The highest BCUT2D eigenvalue weighted by molar-refractivity contribution is 5.93. The third-order valence-corrected chi connectivity index (χ3v) is 4.03. The fourth-order valence-corrected chi connectivity index (χ4v) is 2.77. The first-order valence-corrected chi connectivity index (χ1v) is 7.38. The van der Waals surface area contributed by atoms with Crippen LogP contribution >= 0.6 is 0 Å². The van der Waals surface area contributed by atoms with Crippen molar-refractivity contribution in [3.05, 3.63) is 42.0 Å². The minimum atomic E-state index is -0.00146. The molecule has 2 aromatic rings. The van der Waals surface area contributed by atoms with Crippen molar-refractivity contribution in [1.29, 1.82) is 0 Å². The van der Waals surface area contributed by atoms with Gasteiger partial charge in [-0.3, -0.25) is 4.79 Å². The lowest BCUT2D eigenvalue weighted by atomic mass is 10.2. The Labute approximate surface area is 129 Å². The SMILES string of the molecule is COc1ccccc1N1CCN(C(=O)c2nc[nH]c2C)CC1. The van der Waals surface area contributed by atoms with Crippen LogP contribution in [0.2, 0.25) is 0 Å². The number of nitrogens with zero attached hydrogens (tertiary/aromatic N) is 3. The number of carbonyl (C=O) groups is 1. The first kappa shape index (κ1) is 14.4. The average molecular weight is 300 g/mol. The van der Waals surface area contributed by atoms with Crippen molar-refractivity contribution in [2.24, 2.45) is 0 Å². The van der Waals surface area contributed by atoms with Gasteiger partial charge in [0.15, 0.2) is 0 Å². The highest BCUT2D eigenvalue weighted by Crippen LogP contribution is 2.28. The maximum absolute atomic E-state index is 12.4. The lowest BCUT2D eigenvalue weighted by Gasteiger charge is -2.36. The molecule has 0 spiro atoms. The highest BCUT2D eigenvalue weighted by atomic mass is 16.5. The second-order valence-electron chi connectivity index (χ2n) is 5.33. The van der Waals surface area contributed by atoms with E-state index in [0.29, 0.717) is 18.8 Å². The summed E-state index contributed by atoms with van der Waals surface area (Å²) in [6.45, 7) is 4.81. The number of carbonyl (C=O) groups excluding carboxylic acids is 1. The molecular formula is C16H20N4O2. The Morgan fingerprint density at radius 1 is 1.23 bits per heavy atom. The Morgan fingerprint density at radius 2 is 1.95 bits per heavy atom. The van der Waals surface area contributed by atoms with Gasteiger partial charge in [0.25, 0.3) is 5.91 Å². The molecule has 3 rings (SSSR count). The molecule has 0 unspecified atom stereocenters. The van der Waals surface area contributed by atoms with Gasteiger partial charge in [-0.1, -0.05) is 12.1 Å². The number of H-pyrrole nitrogens is 1. The number of aryl methyl sites for hydroxylation is 1. The van der Waals surface area contributed by atoms with Crippen molar-refractivity contribution in [3.63, 3.8) is 0 Å². The van der Waals surface area contributed by atoms with Gasteiger partial charge in [0, 0.05) is 31.9 Å². The normalized spacial score (nSPS) is 15.0. The van der Waals surface area contributed by atoms with Crippen molar-refractivity contribution in [1.82, 2.24) is 14.9 Å². The molecule has 22 heavy (non-hydrogen) atoms. The molecule has 1 aromatic heterocycles. The van der Waals surface area contributed by atoms with Crippen molar-refractivity contribution in [3.8, 4) is 5.75 Å². The third kappa shape index (κ3) is 2.64. The number of aromatic nitrogens is 2. The molecule has 1 aliphatic rings. The average Bonchev–Trinajstić information content (AvgIpc) is 3.00. The van der Waals surface area contributed by atoms with Crippen LogP contribution < -0.4 is 9.64 Å². The minimum absolute atomic E-state index is 0.00146. The van der Waals surface area contributed by atoms with Gasteiger partial charge in [0.1, 0.15) is 11.4 Å². The van der Waals surface area contributed by atoms with E-state index in [1.54, 1.807) is 13.4 Å². The maximum atomic E-state index is 12.4. The first-order chi connectivity index (χ1) is 10.7. The Hall–Kier alpha value is -2.50. The quantitative estimate of drug-likeness (QED) is 0.937. The molecule has 6 heteroatoms. The largest absolute Gasteiger partial charge is 0.495 e. The predicted octanol–water partition coefficient (Wildman–Crippen LogP) is 1.69. The van der Waals surface area contributed by atoms with Crippen molar-refractivity contribution >= 4 is 11.6 Å². The number of amides is 1. The number of benzene rings is 1. The Kier molecular flexibility index (Phi) is 4.00. The number of hydrogen-bond acceptors (Lipinski definition) is 4. The van der Waals surface area contributed by atoms with Gasteiger partial charge in [-0.25, -0.2) is 4.98 Å². The van der Waals surface area contributed by atoms with Crippen LogP contribution in [-0.4, -0.2) is 54.1 Å². The summed E-state index contributed by atoms with van der Waals surface area (Å²) >= 11 is 0. The van der Waals surface area contributed by atoms with Crippen LogP contribution in [0.25, 0.3) is 0 Å². The van der Waals surface area contributed by atoms with Gasteiger partial charge in [0.05, 0.1) is 19.1 Å². The topological polar surface area (TPSA) is 61.5 Å². The summed E-state index contributed by atoms with van der Waals surface area (Å²) in [5.41, 5.74) is 2.41. The minimum Gasteiger partial charge on any atom is -0.495 e. The van der Waals surface area contributed by atoms with E-state index in [1.165, 1.54) is 0 Å². The van der Waals surface area contributed by atoms with E-state index in [1.807, 2.05) is 36.1 Å². The zero-order valence-electron chi connectivity index (χ0n) is 12.9. The fourth-order valence-electron chi connectivity index (χ4n) is 2.77. The Bertz CT molecular complexity index is 660. The Morgan fingerprint density at radius 3 is 2.59 bits per heavy atom. The van der Waals surface area contributed by atoms with Crippen LogP contribution in [0, 0.1) is 6.92 Å². The van der Waals surface area contributed by atoms with E-state index >= 15 is 0 Å². The summed E-state index contributed by atoms with van der Waals surface area (Å²) in [5.74, 6) is 0.865. The van der Waals surface area contributed by atoms with E-state index in [2.05, 4.69) is 14.9 Å². The standard InChI is InChI=1S/C16H20N4O2/c1-12-15(18-11-17-12)16(21)20-9-7-19(8-10-20)13-5-3-4-6-14(13)22-2/h3-6,11H,7-10H2,1-2H3,(H,17,18). The van der Waals surface area contributed by atoms with Crippen LogP contribution in [0.4, 0.5) is 5.69 Å². The van der Waals surface area contributed by atoms with Gasteiger partial charge in [0.2, 0.25) is 0 Å². The number of rotatable bonds is 3. The molecule has 0 atom stereocenters. The van der Waals surface area contributed by atoms with Crippen LogP contribution in [0.3, 0.4) is 0 Å². The lowest BCUT2D eigenvalue weighted by Crippen LogP contribution is -2.49. The summed E-state index contributed by atoms with van der Waals surface area (Å²) in [6.07, 6.45) is 1.56. The zero-order valence-corrected chi connectivity index (χ0v) is 12.9. The summed E-state index contributed by atoms with van der Waals surface area (Å²) in [7, 11) is 1.68. The number of ether oxygens (including phenoxy) is 1. The zero-order chi connectivity index (χ0) is 15.5. The van der Waals surface area contributed by atoms with Crippen molar-refractivity contribution in [2.45, 2.75) is 6.92 Å². The molecule has 1 fully saturated rings. The molecule has 1 N–H and O–H groups in total. The number of nitrogens with one attached hydrogen (secondary N) is 1. The third-order valence-electron chi connectivity index (χ3n) is 4.03. The fraction of sp³-hybridized carbons (Fsp3) is 0.375. The van der Waals surface area contributed by atoms with Gasteiger partial charge < -0.3 is 19.5 Å². The summed E-state index contributed by atoms with van der Waals surface area (Å²) < 4.78 is 5.41. The summed E-state index contributed by atoms with van der Waals surface area (Å²) in [5, 5.41) is 0. The molecule has 0 bridgehead atoms. The summed E-state index contributed by atoms with van der Waals surface area (Å²) in [4.78, 5) is 23.6. The van der Waals surface area contributed by atoms with Gasteiger partial charge in [-0.05, 0) is 19.1 Å². The number of hydrogen-bond donors (Lipinski definition) is 1. The maximum Gasteiger partial charge on any atom is 0.274 e. The number of methoxy groups -OCH3 is 1. The van der Waals surface area contributed by atoms with Gasteiger partial charge >= 0.3 is 0 Å². The molecule has 0 saturated carbocycles. The van der Waals surface area contributed by atoms with E-state index < -0.39 is 0 Å². The van der Waals surface area contributed by atoms with Crippen LogP contribution in [-0.2, 0) is 0 Å². The van der Waals surface area contributed by atoms with E-state index in [9.17, 15) is 4.79 Å². The second kappa shape index (κ2) is 6.09. The van der Waals surface area contributed by atoms with Crippen LogP contribution in [0.5, 0.6) is 5.75 Å². The molecule has 1 aromatic carbocycles. The smallest absolute Gasteiger partial charge is 0.274 e. The predicted molar refractivity (Wildman–Crippen MR) is 84.4 cm³/mol. The molecule has 2 heterocycles. The lowest BCUT2D eigenvalue weighted by molar-refractivity contribution is 0.0740. The molecule has 1 amide bonds. The number of para-hydroxylation sites is 2. The van der Waals surface area contributed by atoms with Crippen molar-refractivity contribution < 1.29 is 9.53 Å². The highest BCUT2D eigenvalue weighted by Gasteiger charge is 2.25. The van der Waals surface area contributed by atoms with E-state index in [4.69, 9.17) is 4.74 Å². The van der Waals surface area contributed by atoms with E-state index in [0.717, 1.165) is 30.2 Å². The molecule has 116 valence electrons. The molecule has 0 aliphatic carbocycles. The molecule has 1 aliphatic heterocycles.